The maximum absolute atomic E-state index is 11.9. The number of hydrogen-bond donors (Lipinski definition) is 2. The van der Waals surface area contributed by atoms with Gasteiger partial charge in [-0.05, 0) is 18.0 Å². The number of halogens is 3. The summed E-state index contributed by atoms with van der Waals surface area (Å²) in [7, 11) is 0. The van der Waals surface area contributed by atoms with Crippen molar-refractivity contribution in [3.63, 3.8) is 0 Å². The lowest BCUT2D eigenvalue weighted by molar-refractivity contribution is -0.119. The number of nitrogens with two attached hydrogens (primary N) is 2. The lowest BCUT2D eigenvalue weighted by atomic mass is 10.1. The summed E-state index contributed by atoms with van der Waals surface area (Å²) in [5.74, 6) is -0.800. The van der Waals surface area contributed by atoms with E-state index >= 15 is 0 Å². The molecule has 0 aliphatic heterocycles. The van der Waals surface area contributed by atoms with E-state index in [9.17, 15) is 13.6 Å². The van der Waals surface area contributed by atoms with E-state index in [-0.39, 0.29) is 6.42 Å². The molecule has 0 rings (SSSR count). The molecule has 0 aromatic carbocycles. The second-order valence-electron chi connectivity index (χ2n) is 2.16. The number of carbonyl (C=O) groups is 1. The van der Waals surface area contributed by atoms with E-state index in [1.807, 2.05) is 0 Å². The molecule has 66 valence electrons. The fraction of sp³-hybridized carbons (Fsp3) is 0.800. The summed E-state index contributed by atoms with van der Waals surface area (Å²) in [6.45, 7) is 0. The Hall–Kier alpha value is -0.420. The molecule has 0 aliphatic carbocycles. The Morgan fingerprint density at radius 1 is 1.64 bits per heavy atom. The summed E-state index contributed by atoms with van der Waals surface area (Å²) in [4.78, 5) is 10.2. The molecule has 0 saturated carbocycles. The molecule has 0 aromatic rings. The van der Waals surface area contributed by atoms with Crippen molar-refractivity contribution in [2.75, 3.05) is 0 Å². The lowest BCUT2D eigenvalue weighted by Crippen LogP contribution is -2.37. The van der Waals surface area contributed by atoms with E-state index in [4.69, 9.17) is 11.5 Å². The van der Waals surface area contributed by atoms with E-state index in [1.165, 1.54) is 0 Å². The van der Waals surface area contributed by atoms with Gasteiger partial charge in [0.15, 0.2) is 0 Å². The Morgan fingerprint density at radius 2 is 2.09 bits per heavy atom. The maximum Gasteiger partial charge on any atom is 0.321 e. The molecule has 0 saturated heterocycles. The highest BCUT2D eigenvalue weighted by Gasteiger charge is 2.26. The van der Waals surface area contributed by atoms with E-state index in [0.29, 0.717) is 0 Å². The minimum absolute atomic E-state index is 0.203. The van der Waals surface area contributed by atoms with Crippen molar-refractivity contribution in [3.05, 3.63) is 0 Å². The molecule has 6 heteroatoms. The zero-order chi connectivity index (χ0) is 9.07. The monoisotopic (exact) mass is 186 g/mol. The van der Waals surface area contributed by atoms with Crippen molar-refractivity contribution in [2.24, 2.45) is 11.5 Å². The molecule has 0 aromatic heterocycles. The molecule has 1 amide bonds. The summed E-state index contributed by atoms with van der Waals surface area (Å²) in [6.07, 6.45) is -0.843. The van der Waals surface area contributed by atoms with Crippen LogP contribution in [0.4, 0.5) is 8.78 Å². The third-order valence-electron chi connectivity index (χ3n) is 1.10. The molecule has 0 bridgehead atoms. The molecular formula is C5H9ClF2N2O. The number of amides is 1. The molecule has 3 nitrogen and oxygen atoms in total. The highest BCUT2D eigenvalue weighted by atomic mass is 35.5. The van der Waals surface area contributed by atoms with Crippen LogP contribution < -0.4 is 11.5 Å². The highest BCUT2D eigenvalue weighted by Crippen LogP contribution is 2.24. The standard InChI is InChI=1S/C5H9ClF2N2O/c6-5(7,8)2-1-3(9)4(10)11/h3H,1-2,9H2,(H2,10,11). The predicted molar refractivity (Wildman–Crippen MR) is 37.2 cm³/mol. The van der Waals surface area contributed by atoms with Crippen molar-refractivity contribution in [2.45, 2.75) is 24.3 Å². The van der Waals surface area contributed by atoms with Gasteiger partial charge in [-0.25, -0.2) is 0 Å². The molecule has 0 aliphatic rings. The average Bonchev–Trinajstić information content (AvgIpc) is 1.80. The van der Waals surface area contributed by atoms with Crippen molar-refractivity contribution < 1.29 is 13.6 Å². The van der Waals surface area contributed by atoms with Gasteiger partial charge in [0.2, 0.25) is 5.91 Å². The Morgan fingerprint density at radius 3 is 2.36 bits per heavy atom. The normalized spacial score (nSPS) is 14.5. The fourth-order valence-electron chi connectivity index (χ4n) is 0.461. The summed E-state index contributed by atoms with van der Waals surface area (Å²) < 4.78 is 23.8. The quantitative estimate of drug-likeness (QED) is 0.625. The zero-order valence-corrected chi connectivity index (χ0v) is 6.44. The highest BCUT2D eigenvalue weighted by molar-refractivity contribution is 6.21. The van der Waals surface area contributed by atoms with Crippen LogP contribution in [0.5, 0.6) is 0 Å². The largest absolute Gasteiger partial charge is 0.368 e. The van der Waals surface area contributed by atoms with E-state index in [2.05, 4.69) is 11.6 Å². The first-order valence-corrected chi connectivity index (χ1v) is 3.32. The molecule has 0 heterocycles. The van der Waals surface area contributed by atoms with Gasteiger partial charge in [-0.1, -0.05) is 0 Å². The Labute approximate surface area is 67.7 Å². The minimum atomic E-state index is -3.30. The van der Waals surface area contributed by atoms with Crippen LogP contribution in [0.25, 0.3) is 0 Å². The van der Waals surface area contributed by atoms with Crippen LogP contribution in [0.1, 0.15) is 12.8 Å². The summed E-state index contributed by atoms with van der Waals surface area (Å²) in [5, 5.41) is -3.30. The fourth-order valence-corrected chi connectivity index (χ4v) is 0.571. The van der Waals surface area contributed by atoms with Gasteiger partial charge in [0, 0.05) is 6.42 Å². The minimum Gasteiger partial charge on any atom is -0.368 e. The third kappa shape index (κ3) is 6.00. The first-order chi connectivity index (χ1) is 4.83. The third-order valence-corrected chi connectivity index (χ3v) is 1.29. The van der Waals surface area contributed by atoms with E-state index in [0.717, 1.165) is 0 Å². The van der Waals surface area contributed by atoms with E-state index < -0.39 is 23.8 Å². The topological polar surface area (TPSA) is 69.1 Å². The van der Waals surface area contributed by atoms with Gasteiger partial charge in [-0.2, -0.15) is 8.78 Å². The van der Waals surface area contributed by atoms with Crippen molar-refractivity contribution in [3.8, 4) is 0 Å². The van der Waals surface area contributed by atoms with Gasteiger partial charge in [0.1, 0.15) is 0 Å². The second kappa shape index (κ2) is 3.82. The molecule has 4 N–H and O–H groups in total. The maximum atomic E-state index is 11.9. The van der Waals surface area contributed by atoms with Crippen LogP contribution in [-0.2, 0) is 4.79 Å². The van der Waals surface area contributed by atoms with Gasteiger partial charge in [-0.3, -0.25) is 4.79 Å². The van der Waals surface area contributed by atoms with Gasteiger partial charge < -0.3 is 11.5 Å². The predicted octanol–water partition coefficient (Wildman–Crippen LogP) is 0.411. The molecule has 1 unspecified atom stereocenters. The molecule has 0 spiro atoms. The SMILES string of the molecule is NC(=O)C(N)CCC(F)(F)Cl. The van der Waals surface area contributed by atoms with Crippen molar-refractivity contribution >= 4 is 17.5 Å². The second-order valence-corrected chi connectivity index (χ2v) is 2.72. The van der Waals surface area contributed by atoms with Gasteiger partial charge in [-0.15, -0.1) is 0 Å². The summed E-state index contributed by atoms with van der Waals surface area (Å²) in [5.41, 5.74) is 9.77. The Bertz CT molecular complexity index is 148. The molecule has 1 atom stereocenters. The number of carbonyl (C=O) groups excluding carboxylic acids is 1. The van der Waals surface area contributed by atoms with E-state index in [1.54, 1.807) is 0 Å². The molecular weight excluding hydrogens is 178 g/mol. The van der Waals surface area contributed by atoms with Crippen LogP contribution in [0.15, 0.2) is 0 Å². The first-order valence-electron chi connectivity index (χ1n) is 2.94. The first kappa shape index (κ1) is 10.6. The number of primary amides is 1. The van der Waals surface area contributed by atoms with Crippen LogP contribution in [-0.4, -0.2) is 17.3 Å². The van der Waals surface area contributed by atoms with Crippen LogP contribution in [0.2, 0.25) is 0 Å². The number of rotatable bonds is 4. The Balaban J connectivity index is 3.63. The van der Waals surface area contributed by atoms with Crippen molar-refractivity contribution in [1.82, 2.24) is 0 Å². The molecule has 0 fully saturated rings. The van der Waals surface area contributed by atoms with Crippen LogP contribution in [0, 0.1) is 0 Å². The summed E-state index contributed by atoms with van der Waals surface area (Å²) in [6, 6.07) is -1.04. The zero-order valence-electron chi connectivity index (χ0n) is 5.69. The van der Waals surface area contributed by atoms with Crippen LogP contribution >= 0.6 is 11.6 Å². The van der Waals surface area contributed by atoms with Crippen molar-refractivity contribution in [1.29, 1.82) is 0 Å². The lowest BCUT2D eigenvalue weighted by Gasteiger charge is -2.09. The summed E-state index contributed by atoms with van der Waals surface area (Å²) >= 11 is 4.54. The number of alkyl halides is 3. The molecule has 0 radical (unpaired) electrons. The average molecular weight is 187 g/mol. The van der Waals surface area contributed by atoms with Gasteiger partial charge >= 0.3 is 5.38 Å². The van der Waals surface area contributed by atoms with Gasteiger partial charge in [0.05, 0.1) is 6.04 Å². The molecule has 11 heavy (non-hydrogen) atoms. The van der Waals surface area contributed by atoms with Crippen LogP contribution in [0.3, 0.4) is 0 Å². The Kier molecular flexibility index (Phi) is 3.68. The number of hydrogen-bond acceptors (Lipinski definition) is 2. The smallest absolute Gasteiger partial charge is 0.321 e. The van der Waals surface area contributed by atoms with Gasteiger partial charge in [0.25, 0.3) is 0 Å².